The van der Waals surface area contributed by atoms with E-state index in [1.54, 1.807) is 0 Å². The Labute approximate surface area is 139 Å². The van der Waals surface area contributed by atoms with E-state index in [-0.39, 0.29) is 22.2 Å². The van der Waals surface area contributed by atoms with E-state index in [2.05, 4.69) is 15.5 Å². The molecule has 8 heteroatoms. The van der Waals surface area contributed by atoms with E-state index in [9.17, 15) is 13.5 Å². The number of hydrogen-bond acceptors (Lipinski definition) is 6. The third-order valence-corrected chi connectivity index (χ3v) is 5.17. The Hall–Kier alpha value is -2.74. The molecule has 124 valence electrons. The van der Waals surface area contributed by atoms with Gasteiger partial charge in [0, 0.05) is 6.54 Å². The summed E-state index contributed by atoms with van der Waals surface area (Å²) in [7, 11) is -3.63. The van der Waals surface area contributed by atoms with Crippen molar-refractivity contribution in [2.24, 2.45) is 0 Å². The summed E-state index contributed by atoms with van der Waals surface area (Å²) in [6.07, 6.45) is 0.699. The fraction of sp³-hybridized carbons (Fsp3) is 0.188. The second-order valence-electron chi connectivity index (χ2n) is 5.31. The van der Waals surface area contributed by atoms with Crippen LogP contribution in [0, 0.1) is 0 Å². The minimum absolute atomic E-state index is 0.0418. The van der Waals surface area contributed by atoms with Gasteiger partial charge in [0.05, 0.1) is 4.90 Å². The van der Waals surface area contributed by atoms with Crippen LogP contribution >= 0.6 is 0 Å². The normalized spacial score (nSPS) is 11.5. The Kier molecular flexibility index (Phi) is 4.57. The monoisotopic (exact) mass is 344 g/mol. The van der Waals surface area contributed by atoms with Crippen molar-refractivity contribution in [3.63, 3.8) is 0 Å². The molecular weight excluding hydrogens is 328 g/mol. The molecule has 0 unspecified atom stereocenters. The summed E-state index contributed by atoms with van der Waals surface area (Å²) in [5.74, 6) is -0.146. The molecule has 1 heterocycles. The van der Waals surface area contributed by atoms with E-state index in [1.807, 2.05) is 30.3 Å². The first-order valence-corrected chi connectivity index (χ1v) is 9.00. The molecule has 3 rings (SSSR count). The van der Waals surface area contributed by atoms with Gasteiger partial charge in [0.15, 0.2) is 15.7 Å². The number of nitrogens with zero attached hydrogens (tertiary/aromatic N) is 4. The highest BCUT2D eigenvalue weighted by Crippen LogP contribution is 2.19. The number of aromatic nitrogens is 4. The lowest BCUT2D eigenvalue weighted by atomic mass is 10.1. The Morgan fingerprint density at radius 3 is 2.58 bits per heavy atom. The summed E-state index contributed by atoms with van der Waals surface area (Å²) in [5, 5.41) is 20.7. The third-order valence-electron chi connectivity index (χ3n) is 3.56. The van der Waals surface area contributed by atoms with Crippen molar-refractivity contribution in [3.8, 4) is 5.75 Å². The first kappa shape index (κ1) is 16.1. The van der Waals surface area contributed by atoms with Crippen LogP contribution in [0.4, 0.5) is 0 Å². The van der Waals surface area contributed by atoms with Crippen LogP contribution in [0.2, 0.25) is 0 Å². The van der Waals surface area contributed by atoms with Crippen LogP contribution in [-0.2, 0) is 28.6 Å². The maximum Gasteiger partial charge on any atom is 0.185 e. The Morgan fingerprint density at radius 1 is 1.04 bits per heavy atom. The fourth-order valence-corrected chi connectivity index (χ4v) is 3.61. The maximum absolute atomic E-state index is 12.5. The van der Waals surface area contributed by atoms with E-state index < -0.39 is 9.84 Å². The topological polar surface area (TPSA) is 98.0 Å². The van der Waals surface area contributed by atoms with Crippen LogP contribution in [0.5, 0.6) is 5.75 Å². The highest BCUT2D eigenvalue weighted by molar-refractivity contribution is 7.90. The van der Waals surface area contributed by atoms with E-state index in [0.29, 0.717) is 13.0 Å². The quantitative estimate of drug-likeness (QED) is 0.729. The predicted octanol–water partition coefficient (Wildman–Crippen LogP) is 1.60. The molecule has 7 nitrogen and oxygen atoms in total. The average Bonchev–Trinajstić information content (AvgIpc) is 3.00. The minimum atomic E-state index is -3.63. The van der Waals surface area contributed by atoms with Crippen molar-refractivity contribution in [2.45, 2.75) is 23.6 Å². The number of rotatable bonds is 6. The summed E-state index contributed by atoms with van der Waals surface area (Å²) in [4.78, 5) is 0.0418. The van der Waals surface area contributed by atoms with Crippen molar-refractivity contribution in [2.75, 3.05) is 0 Å². The fourth-order valence-electron chi connectivity index (χ4n) is 2.31. The summed E-state index contributed by atoms with van der Waals surface area (Å²) in [6.45, 7) is 0.488. The van der Waals surface area contributed by atoms with Gasteiger partial charge in [-0.25, -0.2) is 13.1 Å². The molecule has 0 aliphatic carbocycles. The molecule has 3 aromatic rings. The lowest BCUT2D eigenvalue weighted by Crippen LogP contribution is -2.13. The number of tetrazole rings is 1. The molecule has 2 aromatic carbocycles. The standard InChI is InChI=1S/C16H16N4O3S/c21-14-7-4-8-15(11-14)24(22,23)12-16-17-18-19-20(16)10-9-13-5-2-1-3-6-13/h1-8,11,21H,9-10,12H2. The average molecular weight is 344 g/mol. The van der Waals surface area contributed by atoms with Gasteiger partial charge in [-0.2, -0.15) is 0 Å². The number of phenols is 1. The lowest BCUT2D eigenvalue weighted by molar-refractivity contribution is 0.473. The van der Waals surface area contributed by atoms with Crippen molar-refractivity contribution in [1.82, 2.24) is 20.2 Å². The molecule has 0 saturated heterocycles. The van der Waals surface area contributed by atoms with E-state index in [0.717, 1.165) is 5.56 Å². The van der Waals surface area contributed by atoms with Crippen LogP contribution in [0.25, 0.3) is 0 Å². The number of hydrogen-bond donors (Lipinski definition) is 1. The van der Waals surface area contributed by atoms with Crippen LogP contribution < -0.4 is 0 Å². The molecule has 0 radical (unpaired) electrons. The zero-order valence-corrected chi connectivity index (χ0v) is 13.6. The van der Waals surface area contributed by atoms with Crippen molar-refractivity contribution in [1.29, 1.82) is 0 Å². The zero-order chi connectivity index (χ0) is 17.0. The molecule has 0 atom stereocenters. The molecule has 0 aliphatic heterocycles. The number of benzene rings is 2. The summed E-state index contributed by atoms with van der Waals surface area (Å²) in [6, 6.07) is 15.4. The molecule has 0 fully saturated rings. The van der Waals surface area contributed by atoms with Gasteiger partial charge in [-0.15, -0.1) is 5.10 Å². The highest BCUT2D eigenvalue weighted by atomic mass is 32.2. The summed E-state index contributed by atoms with van der Waals surface area (Å²) >= 11 is 0. The molecule has 0 aliphatic rings. The van der Waals surface area contributed by atoms with E-state index in [4.69, 9.17) is 0 Å². The first-order chi connectivity index (χ1) is 11.5. The molecule has 24 heavy (non-hydrogen) atoms. The number of aromatic hydroxyl groups is 1. The Balaban J connectivity index is 1.75. The van der Waals surface area contributed by atoms with Crippen LogP contribution in [0.1, 0.15) is 11.4 Å². The van der Waals surface area contributed by atoms with Crippen molar-refractivity contribution in [3.05, 3.63) is 66.0 Å². The van der Waals surface area contributed by atoms with Gasteiger partial charge in [-0.3, -0.25) is 0 Å². The summed E-state index contributed by atoms with van der Waals surface area (Å²) in [5.41, 5.74) is 1.12. The first-order valence-electron chi connectivity index (χ1n) is 7.35. The Morgan fingerprint density at radius 2 is 1.83 bits per heavy atom. The highest BCUT2D eigenvalue weighted by Gasteiger charge is 2.20. The molecular formula is C16H16N4O3S. The SMILES string of the molecule is O=S(=O)(Cc1nnnn1CCc1ccccc1)c1cccc(O)c1. The number of phenolic OH excluding ortho intramolecular Hbond substituents is 1. The predicted molar refractivity (Wildman–Crippen MR) is 87.0 cm³/mol. The third kappa shape index (κ3) is 3.77. The van der Waals surface area contributed by atoms with Gasteiger partial charge >= 0.3 is 0 Å². The Bertz CT molecular complexity index is 923. The maximum atomic E-state index is 12.5. The molecule has 0 bridgehead atoms. The van der Waals surface area contributed by atoms with E-state index >= 15 is 0 Å². The van der Waals surface area contributed by atoms with Gasteiger partial charge < -0.3 is 5.11 Å². The van der Waals surface area contributed by atoms with Crippen molar-refractivity contribution < 1.29 is 13.5 Å². The van der Waals surface area contributed by atoms with Crippen molar-refractivity contribution >= 4 is 9.84 Å². The molecule has 1 aromatic heterocycles. The van der Waals surface area contributed by atoms with Gasteiger partial charge in [-0.1, -0.05) is 36.4 Å². The molecule has 0 amide bonds. The van der Waals surface area contributed by atoms with Gasteiger partial charge in [0.25, 0.3) is 0 Å². The van der Waals surface area contributed by atoms with Crippen LogP contribution in [0.3, 0.4) is 0 Å². The second kappa shape index (κ2) is 6.79. The summed E-state index contributed by atoms with van der Waals surface area (Å²) < 4.78 is 26.4. The molecule has 0 saturated carbocycles. The van der Waals surface area contributed by atoms with Gasteiger partial charge in [0.2, 0.25) is 0 Å². The zero-order valence-electron chi connectivity index (χ0n) is 12.8. The van der Waals surface area contributed by atoms with Crippen LogP contribution in [0.15, 0.2) is 59.5 Å². The minimum Gasteiger partial charge on any atom is -0.508 e. The van der Waals surface area contributed by atoms with E-state index in [1.165, 1.54) is 28.9 Å². The number of aryl methyl sites for hydroxylation is 2. The number of sulfone groups is 1. The van der Waals surface area contributed by atoms with Gasteiger partial charge in [-0.05, 0) is 40.6 Å². The van der Waals surface area contributed by atoms with Gasteiger partial charge in [0.1, 0.15) is 11.5 Å². The van der Waals surface area contributed by atoms with Crippen LogP contribution in [-0.4, -0.2) is 33.7 Å². The second-order valence-corrected chi connectivity index (χ2v) is 7.30. The largest absolute Gasteiger partial charge is 0.508 e. The molecule has 0 spiro atoms. The molecule has 1 N–H and O–H groups in total. The smallest absolute Gasteiger partial charge is 0.185 e. The lowest BCUT2D eigenvalue weighted by Gasteiger charge is -2.06.